The van der Waals surface area contributed by atoms with Gasteiger partial charge in [-0.1, -0.05) is 48.3 Å². The average molecular weight is 600 g/mol. The van der Waals surface area contributed by atoms with Crippen LogP contribution in [0.25, 0.3) is 10.9 Å². The largest absolute Gasteiger partial charge is 0.493 e. The molecule has 0 saturated heterocycles. The van der Waals surface area contributed by atoms with E-state index in [1.54, 1.807) is 25.5 Å². The van der Waals surface area contributed by atoms with Crippen LogP contribution in [0.4, 0.5) is 0 Å². The average Bonchev–Trinajstić information content (AvgIpc) is 2.81. The molecule has 0 spiro atoms. The SMILES string of the molecule is CC[C@@H](C)Oc1c(OC)cc(C=Nn2c([C@H](C)CC)nc3ccc(Br)cc3c2=O)c(Br)c1Cl. The summed E-state index contributed by atoms with van der Waals surface area (Å²) in [7, 11) is 1.56. The van der Waals surface area contributed by atoms with Crippen molar-refractivity contribution in [3.8, 4) is 11.5 Å². The molecule has 0 aliphatic rings. The van der Waals surface area contributed by atoms with Crippen molar-refractivity contribution in [2.45, 2.75) is 52.6 Å². The molecule has 0 aliphatic carbocycles. The van der Waals surface area contributed by atoms with Crippen LogP contribution >= 0.6 is 43.5 Å². The molecular formula is C24H26Br2ClN3O3. The number of ether oxygens (including phenoxy) is 2. The highest BCUT2D eigenvalue weighted by Gasteiger charge is 2.19. The van der Waals surface area contributed by atoms with E-state index in [0.29, 0.717) is 43.3 Å². The Morgan fingerprint density at radius 3 is 2.58 bits per heavy atom. The molecule has 9 heteroatoms. The Hall–Kier alpha value is -1.90. The quantitative estimate of drug-likeness (QED) is 0.258. The van der Waals surface area contributed by atoms with E-state index in [2.05, 4.69) is 37.0 Å². The van der Waals surface area contributed by atoms with Crippen molar-refractivity contribution < 1.29 is 9.47 Å². The molecule has 0 unspecified atom stereocenters. The van der Waals surface area contributed by atoms with Crippen molar-refractivity contribution in [3.63, 3.8) is 0 Å². The van der Waals surface area contributed by atoms with Crippen LogP contribution in [0.3, 0.4) is 0 Å². The van der Waals surface area contributed by atoms with Gasteiger partial charge in [-0.25, -0.2) is 4.98 Å². The molecule has 176 valence electrons. The van der Waals surface area contributed by atoms with E-state index in [-0.39, 0.29) is 17.6 Å². The number of aromatic nitrogens is 2. The summed E-state index contributed by atoms with van der Waals surface area (Å²) in [4.78, 5) is 18.1. The van der Waals surface area contributed by atoms with Crippen molar-refractivity contribution in [1.29, 1.82) is 0 Å². The molecule has 2 atom stereocenters. The van der Waals surface area contributed by atoms with Crippen LogP contribution in [0, 0.1) is 0 Å². The normalized spacial score (nSPS) is 13.5. The van der Waals surface area contributed by atoms with Gasteiger partial charge in [0.25, 0.3) is 5.56 Å². The molecule has 2 aromatic carbocycles. The summed E-state index contributed by atoms with van der Waals surface area (Å²) in [6.45, 7) is 8.07. The fraction of sp³-hybridized carbons (Fsp3) is 0.375. The summed E-state index contributed by atoms with van der Waals surface area (Å²) >= 11 is 13.6. The molecule has 0 aliphatic heterocycles. The van der Waals surface area contributed by atoms with Crippen LogP contribution < -0.4 is 15.0 Å². The van der Waals surface area contributed by atoms with E-state index in [1.807, 2.05) is 39.8 Å². The summed E-state index contributed by atoms with van der Waals surface area (Å²) in [5.74, 6) is 1.59. The molecule has 3 aromatic rings. The fourth-order valence-electron chi connectivity index (χ4n) is 3.14. The minimum absolute atomic E-state index is 0.0255. The molecule has 0 saturated carbocycles. The zero-order chi connectivity index (χ0) is 24.3. The molecule has 6 nitrogen and oxygen atoms in total. The highest BCUT2D eigenvalue weighted by molar-refractivity contribution is 9.10. The Kier molecular flexibility index (Phi) is 8.59. The second kappa shape index (κ2) is 11.0. The van der Waals surface area contributed by atoms with Crippen molar-refractivity contribution in [2.24, 2.45) is 5.10 Å². The summed E-state index contributed by atoms with van der Waals surface area (Å²) in [5.41, 5.74) is 1.05. The first-order valence-electron chi connectivity index (χ1n) is 10.7. The molecule has 0 N–H and O–H groups in total. The highest BCUT2D eigenvalue weighted by Crippen LogP contribution is 2.42. The highest BCUT2D eigenvalue weighted by atomic mass is 79.9. The zero-order valence-electron chi connectivity index (χ0n) is 19.2. The van der Waals surface area contributed by atoms with Gasteiger partial charge in [0.05, 0.1) is 30.3 Å². The molecule has 33 heavy (non-hydrogen) atoms. The van der Waals surface area contributed by atoms with Crippen LogP contribution in [0.2, 0.25) is 5.02 Å². The van der Waals surface area contributed by atoms with E-state index in [9.17, 15) is 4.79 Å². The third-order valence-corrected chi connectivity index (χ3v) is 7.41. The predicted octanol–water partition coefficient (Wildman–Crippen LogP) is 7.16. The third-order valence-electron chi connectivity index (χ3n) is 5.47. The van der Waals surface area contributed by atoms with E-state index in [0.717, 1.165) is 17.3 Å². The second-order valence-corrected chi connectivity index (χ2v) is 9.85. The number of halogens is 3. The van der Waals surface area contributed by atoms with Gasteiger partial charge in [-0.3, -0.25) is 4.79 Å². The van der Waals surface area contributed by atoms with E-state index < -0.39 is 0 Å². The minimum Gasteiger partial charge on any atom is -0.493 e. The van der Waals surface area contributed by atoms with Gasteiger partial charge in [0, 0.05) is 20.4 Å². The van der Waals surface area contributed by atoms with Crippen LogP contribution in [0.5, 0.6) is 11.5 Å². The van der Waals surface area contributed by atoms with E-state index >= 15 is 0 Å². The zero-order valence-corrected chi connectivity index (χ0v) is 23.1. The van der Waals surface area contributed by atoms with Crippen molar-refractivity contribution in [3.05, 3.63) is 60.0 Å². The van der Waals surface area contributed by atoms with Gasteiger partial charge in [0.1, 0.15) is 10.8 Å². The van der Waals surface area contributed by atoms with Crippen LogP contribution in [0.1, 0.15) is 57.8 Å². The van der Waals surface area contributed by atoms with Gasteiger partial charge >= 0.3 is 0 Å². The maximum atomic E-state index is 13.3. The lowest BCUT2D eigenvalue weighted by Crippen LogP contribution is -2.23. The summed E-state index contributed by atoms with van der Waals surface area (Å²) in [6.07, 6.45) is 3.19. The molecule has 1 aromatic heterocycles. The van der Waals surface area contributed by atoms with Gasteiger partial charge in [-0.2, -0.15) is 9.78 Å². The Morgan fingerprint density at radius 1 is 1.21 bits per heavy atom. The van der Waals surface area contributed by atoms with Gasteiger partial charge in [-0.15, -0.1) is 0 Å². The molecular weight excluding hydrogens is 574 g/mol. The summed E-state index contributed by atoms with van der Waals surface area (Å²) in [5, 5.41) is 5.39. The Labute approximate surface area is 215 Å². The molecule has 0 fully saturated rings. The van der Waals surface area contributed by atoms with Gasteiger partial charge in [0.15, 0.2) is 11.5 Å². The topological polar surface area (TPSA) is 65.7 Å². The van der Waals surface area contributed by atoms with E-state index in [4.69, 9.17) is 26.1 Å². The number of rotatable bonds is 8. The maximum absolute atomic E-state index is 13.3. The predicted molar refractivity (Wildman–Crippen MR) is 141 cm³/mol. The molecule has 0 amide bonds. The van der Waals surface area contributed by atoms with Crippen molar-refractivity contribution >= 4 is 60.6 Å². The Balaban J connectivity index is 2.16. The lowest BCUT2D eigenvalue weighted by atomic mass is 10.1. The van der Waals surface area contributed by atoms with Crippen molar-refractivity contribution in [2.75, 3.05) is 7.11 Å². The fourth-order valence-corrected chi connectivity index (χ4v) is 4.15. The summed E-state index contributed by atoms with van der Waals surface area (Å²) in [6, 6.07) is 7.24. The van der Waals surface area contributed by atoms with E-state index in [1.165, 1.54) is 4.68 Å². The van der Waals surface area contributed by atoms with Gasteiger partial charge in [0.2, 0.25) is 0 Å². The first-order chi connectivity index (χ1) is 15.7. The smallest absolute Gasteiger partial charge is 0.282 e. The van der Waals surface area contributed by atoms with Gasteiger partial charge < -0.3 is 9.47 Å². The number of fused-ring (bicyclic) bond motifs is 1. The van der Waals surface area contributed by atoms with Gasteiger partial charge in [-0.05, 0) is 60.0 Å². The molecule has 0 bridgehead atoms. The third kappa shape index (κ3) is 5.44. The minimum atomic E-state index is -0.237. The standard InChI is InChI=1S/C24H26Br2ClN3O3/c1-6-13(3)23-29-18-9-8-16(25)11-17(18)24(31)30(23)28-12-15-10-19(32-5)22(21(27)20(15)26)33-14(4)7-2/h8-14H,6-7H2,1-5H3/t13-,14-/m1/s1. The second-order valence-electron chi connectivity index (χ2n) is 7.76. The lowest BCUT2D eigenvalue weighted by molar-refractivity contribution is 0.207. The first-order valence-corrected chi connectivity index (χ1v) is 12.7. The first kappa shape index (κ1) is 25.7. The Bertz CT molecular complexity index is 1260. The summed E-state index contributed by atoms with van der Waals surface area (Å²) < 4.78 is 14.2. The molecule has 0 radical (unpaired) electrons. The number of benzene rings is 2. The van der Waals surface area contributed by atoms with Crippen LogP contribution in [0.15, 0.2) is 43.1 Å². The maximum Gasteiger partial charge on any atom is 0.282 e. The number of hydrogen-bond acceptors (Lipinski definition) is 5. The van der Waals surface area contributed by atoms with Crippen LogP contribution in [-0.2, 0) is 0 Å². The number of methoxy groups -OCH3 is 1. The number of nitrogens with zero attached hydrogens (tertiary/aromatic N) is 3. The molecule has 1 heterocycles. The Morgan fingerprint density at radius 2 is 1.94 bits per heavy atom. The van der Waals surface area contributed by atoms with Crippen LogP contribution in [-0.4, -0.2) is 29.1 Å². The lowest BCUT2D eigenvalue weighted by Gasteiger charge is -2.18. The monoisotopic (exact) mass is 597 g/mol. The number of hydrogen-bond donors (Lipinski definition) is 0. The molecule has 3 rings (SSSR count). The van der Waals surface area contributed by atoms with Crippen molar-refractivity contribution in [1.82, 2.24) is 9.66 Å².